The van der Waals surface area contributed by atoms with Crippen molar-refractivity contribution in [1.82, 2.24) is 9.80 Å². The van der Waals surface area contributed by atoms with E-state index in [1.54, 1.807) is 29.2 Å². The lowest BCUT2D eigenvalue weighted by molar-refractivity contribution is -0.400. The van der Waals surface area contributed by atoms with Gasteiger partial charge >= 0.3 is 6.09 Å². The summed E-state index contributed by atoms with van der Waals surface area (Å²) >= 11 is 0. The molecule has 2 amide bonds. The molecule has 0 N–H and O–H groups in total. The first-order chi connectivity index (χ1) is 20.1. The van der Waals surface area contributed by atoms with Gasteiger partial charge in [0.2, 0.25) is 12.1 Å². The van der Waals surface area contributed by atoms with Gasteiger partial charge in [-0.2, -0.15) is 0 Å². The predicted octanol–water partition coefficient (Wildman–Crippen LogP) is 6.35. The Balaban J connectivity index is 1.47. The monoisotopic (exact) mass is 571 g/mol. The van der Waals surface area contributed by atoms with Gasteiger partial charge in [-0.3, -0.25) is 14.9 Å². The Morgan fingerprint density at radius 3 is 2.33 bits per heavy atom. The molecule has 9 nitrogen and oxygen atoms in total. The zero-order chi connectivity index (χ0) is 30.1. The third-order valence-electron chi connectivity index (χ3n) is 6.86. The SMILES string of the molecule is CC(C)(C)OC(=O)N1CCN(C(=O)CCc2ccccc2Oc2ccccc2C=C[N+](=O)[O-])[C@H](Cc2ccccc2)C1. The van der Waals surface area contributed by atoms with Crippen LogP contribution in [0.25, 0.3) is 6.08 Å². The summed E-state index contributed by atoms with van der Waals surface area (Å²) in [5, 5.41) is 10.8. The van der Waals surface area contributed by atoms with Crippen LogP contribution in [-0.4, -0.2) is 58.0 Å². The Morgan fingerprint density at radius 2 is 1.62 bits per heavy atom. The average molecular weight is 572 g/mol. The van der Waals surface area contributed by atoms with E-state index in [1.807, 2.05) is 80.3 Å². The van der Waals surface area contributed by atoms with E-state index >= 15 is 0 Å². The molecule has 1 saturated heterocycles. The number of ether oxygens (including phenoxy) is 2. The number of piperazine rings is 1. The summed E-state index contributed by atoms with van der Waals surface area (Å²) < 4.78 is 11.8. The van der Waals surface area contributed by atoms with Gasteiger partial charge in [0.25, 0.3) is 0 Å². The van der Waals surface area contributed by atoms with Crippen molar-refractivity contribution in [3.05, 3.63) is 112 Å². The molecule has 4 rings (SSSR count). The number of rotatable bonds is 9. The van der Waals surface area contributed by atoms with Gasteiger partial charge in [0.15, 0.2) is 0 Å². The van der Waals surface area contributed by atoms with E-state index in [4.69, 9.17) is 9.47 Å². The smallest absolute Gasteiger partial charge is 0.410 e. The first-order valence-corrected chi connectivity index (χ1v) is 14.1. The second kappa shape index (κ2) is 13.8. The molecule has 0 spiro atoms. The van der Waals surface area contributed by atoms with Gasteiger partial charge in [0.1, 0.15) is 17.1 Å². The van der Waals surface area contributed by atoms with Gasteiger partial charge in [0.05, 0.1) is 11.0 Å². The molecule has 9 heteroatoms. The van der Waals surface area contributed by atoms with Gasteiger partial charge in [0, 0.05) is 37.7 Å². The van der Waals surface area contributed by atoms with E-state index in [0.717, 1.165) is 17.3 Å². The lowest BCUT2D eigenvalue weighted by Crippen LogP contribution is -2.57. The minimum atomic E-state index is -0.600. The van der Waals surface area contributed by atoms with E-state index in [1.165, 1.54) is 6.08 Å². The molecule has 1 aliphatic rings. The number of amides is 2. The highest BCUT2D eigenvalue weighted by molar-refractivity contribution is 5.78. The van der Waals surface area contributed by atoms with Gasteiger partial charge in [-0.05, 0) is 56.9 Å². The summed E-state index contributed by atoms with van der Waals surface area (Å²) in [6, 6.07) is 24.3. The number of hydrogen-bond donors (Lipinski definition) is 0. The molecule has 42 heavy (non-hydrogen) atoms. The highest BCUT2D eigenvalue weighted by Crippen LogP contribution is 2.30. The molecule has 3 aromatic carbocycles. The minimum Gasteiger partial charge on any atom is -0.456 e. The number of carbonyl (C=O) groups is 2. The standard InChI is InChI=1S/C33H37N3O6/c1-33(2,3)42-32(38)34-21-22-35(28(24-34)23-25-11-5-4-6-12-25)31(37)18-17-26-13-7-9-15-29(26)41-30-16-10-8-14-27(30)19-20-36(39)40/h4-16,19-20,28H,17-18,21-24H2,1-3H3/t28-/m1/s1. The van der Waals surface area contributed by atoms with Crippen molar-refractivity contribution in [2.24, 2.45) is 0 Å². The van der Waals surface area contributed by atoms with Crippen LogP contribution in [-0.2, 0) is 22.4 Å². The lowest BCUT2D eigenvalue weighted by atomic mass is 10.0. The van der Waals surface area contributed by atoms with Crippen molar-refractivity contribution in [3.8, 4) is 11.5 Å². The Kier molecular flexibility index (Phi) is 9.96. The molecule has 0 unspecified atom stereocenters. The second-order valence-corrected chi connectivity index (χ2v) is 11.2. The van der Waals surface area contributed by atoms with Gasteiger partial charge in [-0.25, -0.2) is 4.79 Å². The van der Waals surface area contributed by atoms with Crippen molar-refractivity contribution in [2.75, 3.05) is 19.6 Å². The highest BCUT2D eigenvalue weighted by atomic mass is 16.6. The molecule has 220 valence electrons. The fraction of sp³-hybridized carbons (Fsp3) is 0.333. The number of nitro groups is 1. The average Bonchev–Trinajstić information content (AvgIpc) is 2.95. The predicted molar refractivity (Wildman–Crippen MR) is 161 cm³/mol. The summed E-state index contributed by atoms with van der Waals surface area (Å²) in [5.41, 5.74) is 1.92. The molecular weight excluding hydrogens is 534 g/mol. The maximum Gasteiger partial charge on any atom is 0.410 e. The number of hydrogen-bond acceptors (Lipinski definition) is 6. The third-order valence-corrected chi connectivity index (χ3v) is 6.86. The maximum atomic E-state index is 13.6. The summed E-state index contributed by atoms with van der Waals surface area (Å²) in [6.45, 7) is 6.74. The van der Waals surface area contributed by atoms with Crippen LogP contribution in [0, 0.1) is 10.1 Å². The molecule has 0 aromatic heterocycles. The van der Waals surface area contributed by atoms with E-state index < -0.39 is 10.5 Å². The molecular formula is C33H37N3O6. The zero-order valence-electron chi connectivity index (χ0n) is 24.3. The van der Waals surface area contributed by atoms with E-state index in [2.05, 4.69) is 0 Å². The number of nitrogens with zero attached hydrogens (tertiary/aromatic N) is 3. The molecule has 0 radical (unpaired) electrons. The Bertz CT molecular complexity index is 1420. The van der Waals surface area contributed by atoms with Crippen LogP contribution >= 0.6 is 0 Å². The van der Waals surface area contributed by atoms with Crippen molar-refractivity contribution in [3.63, 3.8) is 0 Å². The first kappa shape index (κ1) is 30.3. The first-order valence-electron chi connectivity index (χ1n) is 14.1. The van der Waals surface area contributed by atoms with Crippen LogP contribution in [0.1, 0.15) is 43.9 Å². The maximum absolute atomic E-state index is 13.6. The summed E-state index contributed by atoms with van der Waals surface area (Å²) in [5.74, 6) is 1.07. The summed E-state index contributed by atoms with van der Waals surface area (Å²) in [6.07, 6.45) is 3.24. The minimum absolute atomic E-state index is 0.00360. The second-order valence-electron chi connectivity index (χ2n) is 11.2. The summed E-state index contributed by atoms with van der Waals surface area (Å²) in [7, 11) is 0. The van der Waals surface area contributed by atoms with Crippen LogP contribution in [0.3, 0.4) is 0 Å². The van der Waals surface area contributed by atoms with E-state index in [0.29, 0.717) is 49.5 Å². The Labute approximate surface area is 246 Å². The normalized spacial score (nSPS) is 15.5. The highest BCUT2D eigenvalue weighted by Gasteiger charge is 2.34. The number of aryl methyl sites for hydroxylation is 1. The van der Waals surface area contributed by atoms with Crippen molar-refractivity contribution in [1.29, 1.82) is 0 Å². The van der Waals surface area contributed by atoms with Gasteiger partial charge < -0.3 is 19.3 Å². The van der Waals surface area contributed by atoms with E-state index in [9.17, 15) is 19.7 Å². The molecule has 0 saturated carbocycles. The zero-order valence-corrected chi connectivity index (χ0v) is 24.3. The molecule has 0 aliphatic carbocycles. The summed E-state index contributed by atoms with van der Waals surface area (Å²) in [4.78, 5) is 40.3. The van der Waals surface area contributed by atoms with Gasteiger partial charge in [-0.15, -0.1) is 0 Å². The van der Waals surface area contributed by atoms with Gasteiger partial charge in [-0.1, -0.05) is 66.7 Å². The largest absolute Gasteiger partial charge is 0.456 e. The molecule has 1 heterocycles. The van der Waals surface area contributed by atoms with Crippen molar-refractivity contribution >= 4 is 18.1 Å². The van der Waals surface area contributed by atoms with Crippen LogP contribution in [0.2, 0.25) is 0 Å². The van der Waals surface area contributed by atoms with E-state index in [-0.39, 0.29) is 24.5 Å². The molecule has 1 fully saturated rings. The molecule has 3 aromatic rings. The van der Waals surface area contributed by atoms with Crippen molar-refractivity contribution < 1.29 is 24.0 Å². The quantitative estimate of drug-likeness (QED) is 0.219. The van der Waals surface area contributed by atoms with Crippen LogP contribution in [0.5, 0.6) is 11.5 Å². The topological polar surface area (TPSA) is 102 Å². The number of benzene rings is 3. The fourth-order valence-electron chi connectivity index (χ4n) is 4.90. The fourth-order valence-corrected chi connectivity index (χ4v) is 4.90. The molecule has 1 aliphatic heterocycles. The Morgan fingerprint density at radius 1 is 0.952 bits per heavy atom. The number of carbonyl (C=O) groups excluding carboxylic acids is 2. The molecule has 1 atom stereocenters. The van der Waals surface area contributed by atoms with Crippen LogP contribution in [0.15, 0.2) is 85.1 Å². The van der Waals surface area contributed by atoms with Crippen LogP contribution < -0.4 is 4.74 Å². The lowest BCUT2D eigenvalue weighted by Gasteiger charge is -2.42. The van der Waals surface area contributed by atoms with Crippen LogP contribution in [0.4, 0.5) is 4.79 Å². The molecule has 0 bridgehead atoms. The number of para-hydroxylation sites is 2. The van der Waals surface area contributed by atoms with Crippen molar-refractivity contribution in [2.45, 2.75) is 51.7 Å². The third kappa shape index (κ3) is 8.67. The Hall–Kier alpha value is -4.66.